The molecule has 0 saturated heterocycles. The van der Waals surface area contributed by atoms with Crippen LogP contribution in [0, 0.1) is 16.7 Å². The van der Waals surface area contributed by atoms with Crippen molar-refractivity contribution in [3.05, 3.63) is 0 Å². The van der Waals surface area contributed by atoms with E-state index in [1.807, 2.05) is 0 Å². The van der Waals surface area contributed by atoms with Gasteiger partial charge in [-0.15, -0.1) is 0 Å². The van der Waals surface area contributed by atoms with Crippen LogP contribution < -0.4 is 0 Å². The van der Waals surface area contributed by atoms with Crippen molar-refractivity contribution in [1.29, 1.82) is 5.26 Å². The van der Waals surface area contributed by atoms with E-state index in [4.69, 9.17) is 5.26 Å². The molecule has 0 bridgehead atoms. The summed E-state index contributed by atoms with van der Waals surface area (Å²) in [5, 5.41) is 8.49. The van der Waals surface area contributed by atoms with Gasteiger partial charge in [-0.25, -0.2) is 0 Å². The zero-order valence-corrected chi connectivity index (χ0v) is 10.8. The van der Waals surface area contributed by atoms with Gasteiger partial charge in [-0.2, -0.15) is 5.26 Å². The minimum Gasteiger partial charge on any atom is -0.198 e. The van der Waals surface area contributed by atoms with Crippen molar-refractivity contribution in [2.75, 3.05) is 0 Å². The molecule has 0 aliphatic carbocycles. The van der Waals surface area contributed by atoms with Gasteiger partial charge in [0.25, 0.3) is 0 Å². The molecule has 0 aliphatic heterocycles. The quantitative estimate of drug-likeness (QED) is 0.486. The summed E-state index contributed by atoms with van der Waals surface area (Å²) in [7, 11) is 0. The third kappa shape index (κ3) is 9.79. The number of unbranched alkanes of at least 4 members (excludes halogenated alkanes) is 5. The van der Waals surface area contributed by atoms with E-state index in [1.165, 1.54) is 44.9 Å². The van der Waals surface area contributed by atoms with Crippen LogP contribution in [0.4, 0.5) is 0 Å². The number of rotatable bonds is 9. The Balaban J connectivity index is 3.43. The molecular formula is C14H27N. The van der Waals surface area contributed by atoms with Crippen molar-refractivity contribution in [3.63, 3.8) is 0 Å². The third-order valence-electron chi connectivity index (χ3n) is 3.10. The van der Waals surface area contributed by atoms with Crippen LogP contribution in [0.2, 0.25) is 0 Å². The van der Waals surface area contributed by atoms with Gasteiger partial charge < -0.3 is 0 Å². The smallest absolute Gasteiger partial charge is 0.0621 e. The Morgan fingerprint density at radius 1 is 0.933 bits per heavy atom. The average Bonchev–Trinajstić information content (AvgIpc) is 2.17. The number of nitriles is 1. The van der Waals surface area contributed by atoms with Crippen LogP contribution in [0.25, 0.3) is 0 Å². The lowest BCUT2D eigenvalue weighted by Crippen LogP contribution is -2.10. The second kappa shape index (κ2) is 8.77. The number of hydrogen-bond donors (Lipinski definition) is 0. The SMILES string of the molecule is CCCCCCCC(C)(C)CCCC#N. The molecule has 88 valence electrons. The Hall–Kier alpha value is -0.510. The van der Waals surface area contributed by atoms with Gasteiger partial charge in [0.2, 0.25) is 0 Å². The van der Waals surface area contributed by atoms with E-state index in [0.29, 0.717) is 5.41 Å². The fraction of sp³-hybridized carbons (Fsp3) is 0.929. The lowest BCUT2D eigenvalue weighted by molar-refractivity contribution is 0.288. The van der Waals surface area contributed by atoms with E-state index in [2.05, 4.69) is 26.8 Å². The highest BCUT2D eigenvalue weighted by atomic mass is 14.2. The van der Waals surface area contributed by atoms with E-state index < -0.39 is 0 Å². The summed E-state index contributed by atoms with van der Waals surface area (Å²) < 4.78 is 0. The fourth-order valence-electron chi connectivity index (χ4n) is 1.98. The van der Waals surface area contributed by atoms with E-state index in [-0.39, 0.29) is 0 Å². The van der Waals surface area contributed by atoms with Gasteiger partial charge >= 0.3 is 0 Å². The van der Waals surface area contributed by atoms with E-state index in [9.17, 15) is 0 Å². The molecule has 0 saturated carbocycles. The first kappa shape index (κ1) is 14.5. The third-order valence-corrected chi connectivity index (χ3v) is 3.10. The van der Waals surface area contributed by atoms with Crippen molar-refractivity contribution in [2.45, 2.75) is 78.6 Å². The molecular weight excluding hydrogens is 182 g/mol. The second-order valence-electron chi connectivity index (χ2n) is 5.34. The molecule has 15 heavy (non-hydrogen) atoms. The topological polar surface area (TPSA) is 23.8 Å². The monoisotopic (exact) mass is 209 g/mol. The normalized spacial score (nSPS) is 11.3. The molecule has 0 aromatic heterocycles. The van der Waals surface area contributed by atoms with Crippen LogP contribution in [0.5, 0.6) is 0 Å². The highest BCUT2D eigenvalue weighted by Crippen LogP contribution is 2.29. The van der Waals surface area contributed by atoms with E-state index >= 15 is 0 Å². The van der Waals surface area contributed by atoms with Crippen molar-refractivity contribution >= 4 is 0 Å². The van der Waals surface area contributed by atoms with Gasteiger partial charge in [0.05, 0.1) is 6.07 Å². The molecule has 0 N–H and O–H groups in total. The Morgan fingerprint density at radius 3 is 2.13 bits per heavy atom. The first-order valence-electron chi connectivity index (χ1n) is 6.49. The van der Waals surface area contributed by atoms with Gasteiger partial charge in [0, 0.05) is 6.42 Å². The molecule has 0 radical (unpaired) electrons. The molecule has 0 spiro atoms. The van der Waals surface area contributed by atoms with Gasteiger partial charge in [-0.3, -0.25) is 0 Å². The van der Waals surface area contributed by atoms with Crippen molar-refractivity contribution in [3.8, 4) is 6.07 Å². The Kier molecular flexibility index (Phi) is 8.47. The standard InChI is InChI=1S/C14H27N/c1-4-5-6-7-8-11-14(2,3)12-9-10-13-15/h4-12H2,1-3H3. The maximum Gasteiger partial charge on any atom is 0.0621 e. The number of hydrogen-bond acceptors (Lipinski definition) is 1. The summed E-state index contributed by atoms with van der Waals surface area (Å²) in [6.07, 6.45) is 11.2. The second-order valence-corrected chi connectivity index (χ2v) is 5.34. The molecule has 1 nitrogen and oxygen atoms in total. The van der Waals surface area contributed by atoms with Gasteiger partial charge in [-0.1, -0.05) is 52.9 Å². The van der Waals surface area contributed by atoms with Gasteiger partial charge in [0.1, 0.15) is 0 Å². The van der Waals surface area contributed by atoms with Crippen LogP contribution >= 0.6 is 0 Å². The Morgan fingerprint density at radius 2 is 1.53 bits per heavy atom. The highest BCUT2D eigenvalue weighted by Gasteiger charge is 2.16. The molecule has 0 unspecified atom stereocenters. The maximum absolute atomic E-state index is 8.49. The summed E-state index contributed by atoms with van der Waals surface area (Å²) in [6, 6.07) is 2.22. The van der Waals surface area contributed by atoms with Gasteiger partial charge in [0.15, 0.2) is 0 Å². The summed E-state index contributed by atoms with van der Waals surface area (Å²) in [5.41, 5.74) is 0.447. The van der Waals surface area contributed by atoms with Crippen LogP contribution in [0.15, 0.2) is 0 Å². The Labute approximate surface area is 95.9 Å². The van der Waals surface area contributed by atoms with Crippen molar-refractivity contribution in [2.24, 2.45) is 5.41 Å². The number of nitrogens with zero attached hydrogens (tertiary/aromatic N) is 1. The van der Waals surface area contributed by atoms with Crippen molar-refractivity contribution in [1.82, 2.24) is 0 Å². The van der Waals surface area contributed by atoms with Crippen molar-refractivity contribution < 1.29 is 0 Å². The minimum absolute atomic E-state index is 0.447. The molecule has 0 aromatic carbocycles. The van der Waals surface area contributed by atoms with Crippen LogP contribution in [-0.2, 0) is 0 Å². The molecule has 0 aliphatic rings. The van der Waals surface area contributed by atoms with E-state index in [0.717, 1.165) is 12.8 Å². The molecule has 0 fully saturated rings. The molecule has 0 heterocycles. The van der Waals surface area contributed by atoms with Crippen LogP contribution in [0.3, 0.4) is 0 Å². The summed E-state index contributed by atoms with van der Waals surface area (Å²) >= 11 is 0. The average molecular weight is 209 g/mol. The highest BCUT2D eigenvalue weighted by molar-refractivity contribution is 4.74. The minimum atomic E-state index is 0.447. The summed E-state index contributed by atoms with van der Waals surface area (Å²) in [6.45, 7) is 6.93. The zero-order valence-electron chi connectivity index (χ0n) is 10.8. The predicted molar refractivity (Wildman–Crippen MR) is 66.6 cm³/mol. The van der Waals surface area contributed by atoms with Crippen LogP contribution in [0.1, 0.15) is 78.6 Å². The molecule has 0 amide bonds. The maximum atomic E-state index is 8.49. The lowest BCUT2D eigenvalue weighted by atomic mass is 9.82. The molecule has 0 aromatic rings. The lowest BCUT2D eigenvalue weighted by Gasteiger charge is -2.24. The summed E-state index contributed by atoms with van der Waals surface area (Å²) in [4.78, 5) is 0. The summed E-state index contributed by atoms with van der Waals surface area (Å²) in [5.74, 6) is 0. The largest absolute Gasteiger partial charge is 0.198 e. The van der Waals surface area contributed by atoms with Gasteiger partial charge in [-0.05, 0) is 24.7 Å². The first-order valence-corrected chi connectivity index (χ1v) is 6.49. The zero-order chi connectivity index (χ0) is 11.6. The van der Waals surface area contributed by atoms with Crippen LogP contribution in [-0.4, -0.2) is 0 Å². The molecule has 0 atom stereocenters. The van der Waals surface area contributed by atoms with E-state index in [1.54, 1.807) is 0 Å². The molecule has 1 heteroatoms. The fourth-order valence-corrected chi connectivity index (χ4v) is 1.98. The predicted octanol–water partition coefficient (Wildman–Crippen LogP) is 5.07. The Bertz CT molecular complexity index is 176. The molecule has 0 rings (SSSR count). The first-order chi connectivity index (χ1) is 7.12.